The van der Waals surface area contributed by atoms with Gasteiger partial charge in [-0.3, -0.25) is 0 Å². The maximum Gasteiger partial charge on any atom is 0.159 e. The Bertz CT molecular complexity index is 537. The van der Waals surface area contributed by atoms with Crippen molar-refractivity contribution in [2.24, 2.45) is 12.8 Å². The second kappa shape index (κ2) is 3.81. The molecule has 0 bridgehead atoms. The van der Waals surface area contributed by atoms with Gasteiger partial charge < -0.3 is 10.3 Å². The van der Waals surface area contributed by atoms with Crippen molar-refractivity contribution in [1.82, 2.24) is 14.5 Å². The first-order valence-corrected chi connectivity index (χ1v) is 6.25. The average Bonchev–Trinajstić information content (AvgIpc) is 2.96. The van der Waals surface area contributed by atoms with Gasteiger partial charge in [0.1, 0.15) is 11.3 Å². The molecule has 4 nitrogen and oxygen atoms in total. The van der Waals surface area contributed by atoms with E-state index < -0.39 is 0 Å². The van der Waals surface area contributed by atoms with Crippen LogP contribution in [0.15, 0.2) is 18.3 Å². The van der Waals surface area contributed by atoms with Crippen LogP contribution in [0.25, 0.3) is 11.2 Å². The van der Waals surface area contributed by atoms with E-state index in [-0.39, 0.29) is 5.41 Å². The molecule has 17 heavy (non-hydrogen) atoms. The molecule has 1 saturated carbocycles. The Hall–Kier alpha value is -1.42. The minimum Gasteiger partial charge on any atom is -0.329 e. The zero-order valence-corrected chi connectivity index (χ0v) is 10.2. The fourth-order valence-electron chi connectivity index (χ4n) is 3.07. The van der Waals surface area contributed by atoms with E-state index in [0.29, 0.717) is 6.54 Å². The Labute approximate surface area is 101 Å². The maximum atomic E-state index is 6.02. The minimum absolute atomic E-state index is 0.0788. The van der Waals surface area contributed by atoms with Gasteiger partial charge in [0.15, 0.2) is 5.65 Å². The van der Waals surface area contributed by atoms with Gasteiger partial charge in [-0.15, -0.1) is 0 Å². The molecule has 0 aliphatic heterocycles. The van der Waals surface area contributed by atoms with Crippen LogP contribution in [0, 0.1) is 0 Å². The summed E-state index contributed by atoms with van der Waals surface area (Å²) in [6.45, 7) is 0.685. The topological polar surface area (TPSA) is 56.7 Å². The van der Waals surface area contributed by atoms with Crippen LogP contribution in [0.3, 0.4) is 0 Å². The lowest BCUT2D eigenvalue weighted by Gasteiger charge is -2.26. The molecule has 0 saturated heterocycles. The summed E-state index contributed by atoms with van der Waals surface area (Å²) < 4.78 is 2.12. The molecule has 1 fully saturated rings. The number of imidazole rings is 1. The van der Waals surface area contributed by atoms with Gasteiger partial charge in [-0.1, -0.05) is 12.8 Å². The Morgan fingerprint density at radius 2 is 2.18 bits per heavy atom. The highest BCUT2D eigenvalue weighted by Gasteiger charge is 2.38. The summed E-state index contributed by atoms with van der Waals surface area (Å²) in [6.07, 6.45) is 6.64. The normalized spacial score (nSPS) is 18.9. The SMILES string of the molecule is Cn1c(C2(CN)CCCC2)nc2cccnc21. The van der Waals surface area contributed by atoms with Crippen molar-refractivity contribution in [3.8, 4) is 0 Å². The molecule has 0 amide bonds. The average molecular weight is 230 g/mol. The summed E-state index contributed by atoms with van der Waals surface area (Å²) in [7, 11) is 2.05. The van der Waals surface area contributed by atoms with E-state index in [4.69, 9.17) is 10.7 Å². The zero-order chi connectivity index (χ0) is 11.9. The number of fused-ring (bicyclic) bond motifs is 1. The monoisotopic (exact) mass is 230 g/mol. The molecule has 0 atom stereocenters. The van der Waals surface area contributed by atoms with Gasteiger partial charge in [-0.05, 0) is 25.0 Å². The quantitative estimate of drug-likeness (QED) is 0.855. The van der Waals surface area contributed by atoms with Crippen molar-refractivity contribution in [1.29, 1.82) is 0 Å². The first-order valence-electron chi connectivity index (χ1n) is 6.25. The molecule has 4 heteroatoms. The summed E-state index contributed by atoms with van der Waals surface area (Å²) >= 11 is 0. The molecular weight excluding hydrogens is 212 g/mol. The Balaban J connectivity index is 2.19. The largest absolute Gasteiger partial charge is 0.329 e. The number of nitrogens with zero attached hydrogens (tertiary/aromatic N) is 3. The highest BCUT2D eigenvalue weighted by molar-refractivity contribution is 5.71. The van der Waals surface area contributed by atoms with Crippen LogP contribution in [-0.2, 0) is 12.5 Å². The van der Waals surface area contributed by atoms with Gasteiger partial charge in [0.05, 0.1) is 0 Å². The van der Waals surface area contributed by atoms with Crippen LogP contribution in [-0.4, -0.2) is 21.1 Å². The van der Waals surface area contributed by atoms with E-state index in [2.05, 4.69) is 9.55 Å². The Morgan fingerprint density at radius 1 is 1.41 bits per heavy atom. The Kier molecular flexibility index (Phi) is 2.40. The molecule has 90 valence electrons. The predicted molar refractivity (Wildman–Crippen MR) is 67.7 cm³/mol. The van der Waals surface area contributed by atoms with Crippen LogP contribution >= 0.6 is 0 Å². The molecule has 2 heterocycles. The van der Waals surface area contributed by atoms with Crippen molar-refractivity contribution in [2.45, 2.75) is 31.1 Å². The number of hydrogen-bond acceptors (Lipinski definition) is 3. The van der Waals surface area contributed by atoms with Crippen molar-refractivity contribution in [3.05, 3.63) is 24.2 Å². The fourth-order valence-corrected chi connectivity index (χ4v) is 3.07. The Morgan fingerprint density at radius 3 is 2.82 bits per heavy atom. The lowest BCUT2D eigenvalue weighted by atomic mass is 9.85. The third-order valence-electron chi connectivity index (χ3n) is 4.05. The second-order valence-corrected chi connectivity index (χ2v) is 5.03. The smallest absolute Gasteiger partial charge is 0.159 e. The van der Waals surface area contributed by atoms with E-state index in [1.165, 1.54) is 12.8 Å². The summed E-state index contributed by atoms with van der Waals surface area (Å²) in [6, 6.07) is 3.95. The van der Waals surface area contributed by atoms with Gasteiger partial charge in [0.25, 0.3) is 0 Å². The van der Waals surface area contributed by atoms with E-state index in [9.17, 15) is 0 Å². The third-order valence-corrected chi connectivity index (χ3v) is 4.05. The second-order valence-electron chi connectivity index (χ2n) is 5.03. The standard InChI is InChI=1S/C13H18N4/c1-17-11-10(5-4-8-15-11)16-12(17)13(9-14)6-2-3-7-13/h4-5,8H,2-3,6-7,9,14H2,1H3. The molecule has 2 aromatic heterocycles. The number of aromatic nitrogens is 3. The molecular formula is C13H18N4. The van der Waals surface area contributed by atoms with Crippen molar-refractivity contribution < 1.29 is 0 Å². The number of nitrogens with two attached hydrogens (primary N) is 1. The number of rotatable bonds is 2. The van der Waals surface area contributed by atoms with Gasteiger partial charge >= 0.3 is 0 Å². The molecule has 1 aliphatic rings. The van der Waals surface area contributed by atoms with Crippen molar-refractivity contribution >= 4 is 11.2 Å². The predicted octanol–water partition coefficient (Wildman–Crippen LogP) is 1.74. The van der Waals surface area contributed by atoms with E-state index in [1.54, 1.807) is 0 Å². The van der Waals surface area contributed by atoms with Crippen LogP contribution in [0.1, 0.15) is 31.5 Å². The van der Waals surface area contributed by atoms with Gasteiger partial charge in [0.2, 0.25) is 0 Å². The molecule has 0 unspecified atom stereocenters. The van der Waals surface area contributed by atoms with Crippen LogP contribution in [0.2, 0.25) is 0 Å². The third kappa shape index (κ3) is 1.47. The van der Waals surface area contributed by atoms with Crippen molar-refractivity contribution in [3.63, 3.8) is 0 Å². The molecule has 0 aromatic carbocycles. The van der Waals surface area contributed by atoms with Crippen LogP contribution in [0.4, 0.5) is 0 Å². The van der Waals surface area contributed by atoms with Crippen molar-refractivity contribution in [2.75, 3.05) is 6.54 Å². The van der Waals surface area contributed by atoms with E-state index >= 15 is 0 Å². The highest BCUT2D eigenvalue weighted by atomic mass is 15.1. The fraction of sp³-hybridized carbons (Fsp3) is 0.538. The lowest BCUT2D eigenvalue weighted by Crippen LogP contribution is -2.34. The summed E-state index contributed by atoms with van der Waals surface area (Å²) in [4.78, 5) is 9.16. The number of pyridine rings is 1. The van der Waals surface area contributed by atoms with Crippen LogP contribution < -0.4 is 5.73 Å². The molecule has 2 N–H and O–H groups in total. The molecule has 0 radical (unpaired) electrons. The van der Waals surface area contributed by atoms with E-state index in [1.807, 2.05) is 25.4 Å². The van der Waals surface area contributed by atoms with Crippen LogP contribution in [0.5, 0.6) is 0 Å². The van der Waals surface area contributed by atoms with Gasteiger partial charge in [-0.25, -0.2) is 9.97 Å². The molecule has 2 aromatic rings. The first-order chi connectivity index (χ1) is 8.27. The summed E-state index contributed by atoms with van der Waals surface area (Å²) in [5, 5.41) is 0. The molecule has 1 aliphatic carbocycles. The van der Waals surface area contributed by atoms with E-state index in [0.717, 1.165) is 29.8 Å². The molecule has 0 spiro atoms. The lowest BCUT2D eigenvalue weighted by molar-refractivity contribution is 0.414. The summed E-state index contributed by atoms with van der Waals surface area (Å²) in [5.41, 5.74) is 8.03. The minimum atomic E-state index is 0.0788. The summed E-state index contributed by atoms with van der Waals surface area (Å²) in [5.74, 6) is 1.12. The maximum absolute atomic E-state index is 6.02. The zero-order valence-electron chi connectivity index (χ0n) is 10.2. The first kappa shape index (κ1) is 10.7. The number of aryl methyl sites for hydroxylation is 1. The van der Waals surface area contributed by atoms with Gasteiger partial charge in [-0.2, -0.15) is 0 Å². The highest BCUT2D eigenvalue weighted by Crippen LogP contribution is 2.40. The number of hydrogen-bond donors (Lipinski definition) is 1. The molecule has 3 rings (SSSR count). The van der Waals surface area contributed by atoms with Gasteiger partial charge in [0, 0.05) is 25.2 Å².